The molecule has 1 aromatic rings. The summed E-state index contributed by atoms with van der Waals surface area (Å²) in [6.45, 7) is 6.52. The Labute approximate surface area is 165 Å². The van der Waals surface area contributed by atoms with Crippen LogP contribution in [0.4, 0.5) is 0 Å². The molecule has 150 valence electrons. The maximum atomic E-state index is 13.1. The average molecular weight is 390 g/mol. The minimum absolute atomic E-state index is 0.0752. The van der Waals surface area contributed by atoms with E-state index in [1.807, 2.05) is 12.1 Å². The predicted octanol–water partition coefficient (Wildman–Crippen LogP) is 5.16. The molecule has 0 aliphatic heterocycles. The smallest absolute Gasteiger partial charge is 0.208 e. The molecule has 4 aliphatic carbocycles. The van der Waals surface area contributed by atoms with E-state index in [0.717, 1.165) is 30.6 Å². The van der Waals surface area contributed by atoms with Gasteiger partial charge in [-0.15, -0.1) is 0 Å². The summed E-state index contributed by atoms with van der Waals surface area (Å²) in [6.07, 6.45) is 9.72. The normalized spacial score (nSPS) is 33.6. The van der Waals surface area contributed by atoms with Crippen molar-refractivity contribution in [3.8, 4) is 0 Å². The Hall–Kier alpha value is -0.870. The number of nitrogens with one attached hydrogen (secondary N) is 1. The van der Waals surface area contributed by atoms with Gasteiger partial charge in [0.2, 0.25) is 10.0 Å². The van der Waals surface area contributed by atoms with Crippen molar-refractivity contribution >= 4 is 10.0 Å². The summed E-state index contributed by atoms with van der Waals surface area (Å²) >= 11 is 0. The minimum Gasteiger partial charge on any atom is -0.208 e. The number of hydrogen-bond donors (Lipinski definition) is 1. The van der Waals surface area contributed by atoms with Crippen molar-refractivity contribution in [2.75, 3.05) is 0 Å². The fraction of sp³-hybridized carbons (Fsp3) is 0.739. The topological polar surface area (TPSA) is 46.2 Å². The molecule has 1 aromatic carbocycles. The number of hydrogen-bond acceptors (Lipinski definition) is 2. The first kappa shape index (κ1) is 19.4. The Morgan fingerprint density at radius 3 is 1.96 bits per heavy atom. The third kappa shape index (κ3) is 3.85. The van der Waals surface area contributed by atoms with Gasteiger partial charge in [-0.2, -0.15) is 0 Å². The van der Waals surface area contributed by atoms with Crippen LogP contribution in [-0.2, 0) is 16.4 Å². The third-order valence-electron chi connectivity index (χ3n) is 7.41. The molecule has 4 aliphatic rings. The van der Waals surface area contributed by atoms with E-state index in [4.69, 9.17) is 0 Å². The second kappa shape index (κ2) is 7.18. The lowest BCUT2D eigenvalue weighted by Gasteiger charge is -2.59. The van der Waals surface area contributed by atoms with Crippen molar-refractivity contribution in [1.29, 1.82) is 0 Å². The second-order valence-corrected chi connectivity index (χ2v) is 11.8. The molecule has 4 heteroatoms. The molecule has 4 fully saturated rings. The highest BCUT2D eigenvalue weighted by Crippen LogP contribution is 2.61. The van der Waals surface area contributed by atoms with E-state index in [9.17, 15) is 8.42 Å². The first-order chi connectivity index (χ1) is 12.8. The summed E-state index contributed by atoms with van der Waals surface area (Å²) in [6, 6.07) is 7.59. The van der Waals surface area contributed by atoms with E-state index >= 15 is 0 Å². The van der Waals surface area contributed by atoms with Gasteiger partial charge in [0.05, 0.1) is 4.90 Å². The van der Waals surface area contributed by atoms with Crippen LogP contribution in [0.15, 0.2) is 29.2 Å². The van der Waals surface area contributed by atoms with Gasteiger partial charge in [-0.25, -0.2) is 13.1 Å². The van der Waals surface area contributed by atoms with Crippen LogP contribution in [0, 0.1) is 29.1 Å². The van der Waals surface area contributed by atoms with Crippen molar-refractivity contribution in [2.45, 2.75) is 83.1 Å². The van der Waals surface area contributed by atoms with Gasteiger partial charge < -0.3 is 0 Å². The molecular weight excluding hydrogens is 354 g/mol. The van der Waals surface area contributed by atoms with Gasteiger partial charge in [0.1, 0.15) is 0 Å². The van der Waals surface area contributed by atoms with Crippen molar-refractivity contribution < 1.29 is 8.42 Å². The van der Waals surface area contributed by atoms with Crippen molar-refractivity contribution in [1.82, 2.24) is 4.72 Å². The fourth-order valence-electron chi connectivity index (χ4n) is 6.78. The molecule has 4 saturated carbocycles. The molecular formula is C23H35NO2S. The quantitative estimate of drug-likeness (QED) is 0.700. The Morgan fingerprint density at radius 1 is 1.00 bits per heavy atom. The minimum atomic E-state index is -3.46. The predicted molar refractivity (Wildman–Crippen MR) is 110 cm³/mol. The summed E-state index contributed by atoms with van der Waals surface area (Å²) in [5.74, 6) is 3.09. The zero-order chi connectivity index (χ0) is 19.2. The molecule has 0 saturated heterocycles. The lowest BCUT2D eigenvalue weighted by molar-refractivity contribution is -0.0704. The first-order valence-electron chi connectivity index (χ1n) is 10.9. The Balaban J connectivity index is 1.52. The lowest BCUT2D eigenvalue weighted by Crippen LogP contribution is -2.56. The van der Waals surface area contributed by atoms with Gasteiger partial charge in [-0.1, -0.05) is 32.9 Å². The number of rotatable bonds is 7. The van der Waals surface area contributed by atoms with Crippen LogP contribution < -0.4 is 4.72 Å². The first-order valence-corrected chi connectivity index (χ1v) is 12.4. The van der Waals surface area contributed by atoms with Crippen LogP contribution in [0.1, 0.15) is 71.3 Å². The highest BCUT2D eigenvalue weighted by atomic mass is 32.2. The van der Waals surface area contributed by atoms with Crippen LogP contribution in [0.2, 0.25) is 0 Å². The highest BCUT2D eigenvalue weighted by Gasteiger charge is 2.54. The molecule has 1 unspecified atom stereocenters. The van der Waals surface area contributed by atoms with Crippen LogP contribution in [0.25, 0.3) is 0 Å². The monoisotopic (exact) mass is 389 g/mol. The standard InChI is InChI=1S/C23H35NO2S/c1-4-22(23-13-18-10-19(14-23)12-20(11-18)15-23)24-27(25,26)21-7-5-17(6-8-21)9-16(2)3/h5-8,16,18-20,22,24H,4,9-15H2,1-3H3. The van der Waals surface area contributed by atoms with Crippen molar-refractivity contribution in [2.24, 2.45) is 29.1 Å². The SMILES string of the molecule is CCC(NS(=O)(=O)c1ccc(CC(C)C)cc1)C12CC3CC(CC(C3)C1)C2. The Kier molecular flexibility index (Phi) is 5.17. The van der Waals surface area contributed by atoms with Crippen molar-refractivity contribution in [3.05, 3.63) is 29.8 Å². The summed E-state index contributed by atoms with van der Waals surface area (Å²) in [5, 5.41) is 0. The molecule has 5 rings (SSSR count). The van der Waals surface area contributed by atoms with Gasteiger partial charge in [0.25, 0.3) is 0 Å². The zero-order valence-electron chi connectivity index (χ0n) is 17.1. The Bertz CT molecular complexity index is 731. The second-order valence-electron chi connectivity index (χ2n) is 10.1. The van der Waals surface area contributed by atoms with E-state index in [-0.39, 0.29) is 11.5 Å². The Morgan fingerprint density at radius 2 is 1.52 bits per heavy atom. The van der Waals surface area contributed by atoms with E-state index in [1.54, 1.807) is 12.1 Å². The van der Waals surface area contributed by atoms with Crippen LogP contribution >= 0.6 is 0 Å². The van der Waals surface area contributed by atoms with E-state index in [0.29, 0.717) is 10.8 Å². The van der Waals surface area contributed by atoms with Gasteiger partial charge in [-0.05, 0) is 98.1 Å². The highest BCUT2D eigenvalue weighted by molar-refractivity contribution is 7.89. The van der Waals surface area contributed by atoms with Crippen LogP contribution in [-0.4, -0.2) is 14.5 Å². The van der Waals surface area contributed by atoms with E-state index < -0.39 is 10.0 Å². The van der Waals surface area contributed by atoms with E-state index in [2.05, 4.69) is 25.5 Å². The third-order valence-corrected chi connectivity index (χ3v) is 8.90. The molecule has 4 bridgehead atoms. The molecule has 27 heavy (non-hydrogen) atoms. The van der Waals surface area contributed by atoms with Crippen LogP contribution in [0.3, 0.4) is 0 Å². The van der Waals surface area contributed by atoms with Gasteiger partial charge in [0.15, 0.2) is 0 Å². The average Bonchev–Trinajstić information content (AvgIpc) is 2.58. The van der Waals surface area contributed by atoms with Gasteiger partial charge >= 0.3 is 0 Å². The number of benzene rings is 1. The number of sulfonamides is 1. The molecule has 1 atom stereocenters. The maximum absolute atomic E-state index is 13.1. The molecule has 0 heterocycles. The summed E-state index contributed by atoms with van der Waals surface area (Å²) in [7, 11) is -3.46. The van der Waals surface area contributed by atoms with Crippen molar-refractivity contribution in [3.63, 3.8) is 0 Å². The molecule has 0 amide bonds. The lowest BCUT2D eigenvalue weighted by atomic mass is 9.47. The molecule has 0 spiro atoms. The molecule has 3 nitrogen and oxygen atoms in total. The fourth-order valence-corrected chi connectivity index (χ4v) is 8.20. The molecule has 1 N–H and O–H groups in total. The maximum Gasteiger partial charge on any atom is 0.240 e. The van der Waals surface area contributed by atoms with Crippen LogP contribution in [0.5, 0.6) is 0 Å². The zero-order valence-corrected chi connectivity index (χ0v) is 17.9. The summed E-state index contributed by atoms with van der Waals surface area (Å²) in [5.41, 5.74) is 1.41. The largest absolute Gasteiger partial charge is 0.240 e. The van der Waals surface area contributed by atoms with E-state index in [1.165, 1.54) is 44.1 Å². The summed E-state index contributed by atoms with van der Waals surface area (Å²) < 4.78 is 29.4. The molecule has 0 radical (unpaired) electrons. The van der Waals surface area contributed by atoms with Gasteiger partial charge in [0, 0.05) is 6.04 Å². The molecule has 0 aromatic heterocycles. The summed E-state index contributed by atoms with van der Waals surface area (Å²) in [4.78, 5) is 0.415. The van der Waals surface area contributed by atoms with Gasteiger partial charge in [-0.3, -0.25) is 0 Å².